The normalized spacial score (nSPS) is 14.9. The van der Waals surface area contributed by atoms with Gasteiger partial charge in [-0.3, -0.25) is 0 Å². The summed E-state index contributed by atoms with van der Waals surface area (Å²) in [5.41, 5.74) is 2.16. The molecule has 0 fully saturated rings. The molecule has 0 aliphatic heterocycles. The molecule has 0 radical (unpaired) electrons. The van der Waals surface area contributed by atoms with Crippen LogP contribution in [0.25, 0.3) is 0 Å². The lowest BCUT2D eigenvalue weighted by Crippen LogP contribution is -2.42. The lowest BCUT2D eigenvalue weighted by molar-refractivity contribution is 0.327. The Kier molecular flexibility index (Phi) is 6.61. The van der Waals surface area contributed by atoms with Crippen molar-refractivity contribution in [2.24, 2.45) is 5.41 Å². The third-order valence-electron chi connectivity index (χ3n) is 3.59. The number of aryl methyl sites for hydroxylation is 3. The Morgan fingerprint density at radius 2 is 1.74 bits per heavy atom. The summed E-state index contributed by atoms with van der Waals surface area (Å²) in [6, 6.07) is 3.29. The molecule has 0 amide bonds. The summed E-state index contributed by atoms with van der Waals surface area (Å²) in [4.78, 5) is 0.325. The molecule has 1 rings (SSSR count). The number of benzene rings is 1. The van der Waals surface area contributed by atoms with Gasteiger partial charge in [0.15, 0.2) is 0 Å². The molecule has 0 aliphatic rings. The first-order chi connectivity index (χ1) is 10.4. The third-order valence-corrected chi connectivity index (χ3v) is 5.85. The van der Waals surface area contributed by atoms with Crippen LogP contribution in [0.3, 0.4) is 0 Å². The van der Waals surface area contributed by atoms with Crippen molar-refractivity contribution in [1.82, 2.24) is 4.72 Å². The van der Waals surface area contributed by atoms with E-state index in [0.717, 1.165) is 16.7 Å². The number of halogens is 1. The van der Waals surface area contributed by atoms with Gasteiger partial charge in [-0.1, -0.05) is 60.5 Å². The lowest BCUT2D eigenvalue weighted by atomic mass is 9.87. The molecule has 4 nitrogen and oxygen atoms in total. The van der Waals surface area contributed by atoms with E-state index in [9.17, 15) is 13.5 Å². The zero-order chi connectivity index (χ0) is 18.0. The van der Waals surface area contributed by atoms with Crippen LogP contribution in [0, 0.1) is 26.2 Å². The Labute approximate surface area is 148 Å². The highest BCUT2D eigenvalue weighted by Gasteiger charge is 2.30. The van der Waals surface area contributed by atoms with Gasteiger partial charge in [-0.05, 0) is 37.3 Å². The first-order valence-corrected chi connectivity index (χ1v) is 9.73. The fraction of sp³-hybridized carbons (Fsp3) is 0.529. The van der Waals surface area contributed by atoms with Crippen LogP contribution in [-0.4, -0.2) is 26.2 Å². The van der Waals surface area contributed by atoms with Gasteiger partial charge in [0.05, 0.1) is 11.5 Å². The summed E-state index contributed by atoms with van der Waals surface area (Å²) in [6.45, 7) is 11.2. The molecule has 0 bridgehead atoms. The van der Waals surface area contributed by atoms with Gasteiger partial charge in [0.25, 0.3) is 0 Å². The topological polar surface area (TPSA) is 66.4 Å². The first-order valence-electron chi connectivity index (χ1n) is 7.45. The van der Waals surface area contributed by atoms with E-state index in [1.807, 2.05) is 39.8 Å². The van der Waals surface area contributed by atoms with Crippen LogP contribution in [0.15, 0.2) is 27.6 Å². The molecule has 1 unspecified atom stereocenters. The number of hydrogen-bond donors (Lipinski definition) is 2. The molecule has 1 atom stereocenters. The molecule has 6 heteroatoms. The minimum absolute atomic E-state index is 0.170. The van der Waals surface area contributed by atoms with Crippen molar-refractivity contribution in [3.05, 3.63) is 39.4 Å². The minimum atomic E-state index is -3.67. The van der Waals surface area contributed by atoms with Gasteiger partial charge in [0.1, 0.15) is 0 Å². The molecule has 2 N–H and O–H groups in total. The van der Waals surface area contributed by atoms with Gasteiger partial charge >= 0.3 is 0 Å². The second kappa shape index (κ2) is 7.47. The number of sulfonamides is 1. The van der Waals surface area contributed by atoms with Gasteiger partial charge in [0, 0.05) is 10.5 Å². The molecule has 0 aromatic heterocycles. The maximum absolute atomic E-state index is 12.9. The Bertz CT molecular complexity index is 680. The Morgan fingerprint density at radius 1 is 1.26 bits per heavy atom. The monoisotopic (exact) mass is 403 g/mol. The quantitative estimate of drug-likeness (QED) is 0.789. The predicted octanol–water partition coefficient (Wildman–Crippen LogP) is 3.58. The van der Waals surface area contributed by atoms with Crippen LogP contribution >= 0.6 is 15.9 Å². The van der Waals surface area contributed by atoms with E-state index in [1.54, 1.807) is 19.9 Å². The number of aliphatic hydroxyl groups is 1. The molecular formula is C17H26BrNO3S. The predicted molar refractivity (Wildman–Crippen MR) is 98.3 cm³/mol. The van der Waals surface area contributed by atoms with E-state index >= 15 is 0 Å². The van der Waals surface area contributed by atoms with Crippen LogP contribution in [0.1, 0.15) is 37.5 Å². The lowest BCUT2D eigenvalue weighted by Gasteiger charge is -2.29. The van der Waals surface area contributed by atoms with E-state index in [-0.39, 0.29) is 12.0 Å². The minimum Gasteiger partial charge on any atom is -0.391 e. The second-order valence-electron chi connectivity index (χ2n) is 6.96. The number of hydrogen-bond acceptors (Lipinski definition) is 3. The number of rotatable bonds is 5. The van der Waals surface area contributed by atoms with E-state index in [2.05, 4.69) is 20.7 Å². The summed E-state index contributed by atoms with van der Waals surface area (Å²) in [6.07, 6.45) is 1.70. The van der Waals surface area contributed by atoms with Gasteiger partial charge in [-0.25, -0.2) is 13.1 Å². The van der Waals surface area contributed by atoms with Gasteiger partial charge in [0.2, 0.25) is 10.0 Å². The first kappa shape index (κ1) is 20.4. The zero-order valence-corrected chi connectivity index (χ0v) is 17.0. The molecule has 0 spiro atoms. The Morgan fingerprint density at radius 3 is 2.13 bits per heavy atom. The van der Waals surface area contributed by atoms with Crippen molar-refractivity contribution in [2.45, 2.75) is 52.5 Å². The third kappa shape index (κ3) is 5.41. The average molecular weight is 404 g/mol. The Balaban J connectivity index is 3.33. The second-order valence-corrected chi connectivity index (χ2v) is 9.63. The van der Waals surface area contributed by atoms with Crippen molar-refractivity contribution in [3.63, 3.8) is 0 Å². The van der Waals surface area contributed by atoms with Crippen molar-refractivity contribution in [3.8, 4) is 0 Å². The summed E-state index contributed by atoms with van der Waals surface area (Å²) in [5, 5.41) is 9.19. The molecule has 0 aliphatic carbocycles. The Hall–Kier alpha value is -0.690. The number of aliphatic hydroxyl groups excluding tert-OH is 1. The van der Waals surface area contributed by atoms with Crippen LogP contribution in [0.5, 0.6) is 0 Å². The molecule has 0 saturated carbocycles. The molecule has 0 saturated heterocycles. The van der Waals surface area contributed by atoms with Gasteiger partial charge in [-0.2, -0.15) is 0 Å². The van der Waals surface area contributed by atoms with Crippen LogP contribution in [0.4, 0.5) is 0 Å². The summed E-state index contributed by atoms with van der Waals surface area (Å²) in [7, 11) is -3.67. The van der Waals surface area contributed by atoms with Crippen LogP contribution in [-0.2, 0) is 10.0 Å². The largest absolute Gasteiger partial charge is 0.391 e. The summed E-state index contributed by atoms with van der Waals surface area (Å²) in [5.74, 6) is 0. The van der Waals surface area contributed by atoms with E-state index < -0.39 is 16.1 Å². The maximum atomic E-state index is 12.9. The fourth-order valence-corrected chi connectivity index (χ4v) is 4.61. The molecule has 23 heavy (non-hydrogen) atoms. The highest BCUT2D eigenvalue weighted by atomic mass is 79.9. The molecule has 1 aromatic rings. The summed E-state index contributed by atoms with van der Waals surface area (Å²) < 4.78 is 29.1. The number of nitrogens with one attached hydrogen (secondary N) is 1. The van der Waals surface area contributed by atoms with Crippen molar-refractivity contribution >= 4 is 26.0 Å². The van der Waals surface area contributed by atoms with Gasteiger partial charge < -0.3 is 5.11 Å². The van der Waals surface area contributed by atoms with E-state index in [0.29, 0.717) is 9.38 Å². The van der Waals surface area contributed by atoms with E-state index in [1.165, 1.54) is 0 Å². The van der Waals surface area contributed by atoms with Crippen molar-refractivity contribution in [2.75, 3.05) is 6.61 Å². The highest BCUT2D eigenvalue weighted by molar-refractivity contribution is 9.11. The average Bonchev–Trinajstić information content (AvgIpc) is 2.34. The highest BCUT2D eigenvalue weighted by Crippen LogP contribution is 2.27. The molecule has 1 aromatic carbocycles. The molecular weight excluding hydrogens is 378 g/mol. The van der Waals surface area contributed by atoms with Crippen molar-refractivity contribution in [1.29, 1.82) is 0 Å². The summed E-state index contributed by atoms with van der Waals surface area (Å²) >= 11 is 3.25. The van der Waals surface area contributed by atoms with Crippen LogP contribution < -0.4 is 4.72 Å². The smallest absolute Gasteiger partial charge is 0.241 e. The standard InChI is InChI=1S/C17H26BrNO3S/c1-11-7-12(2)16(13(3)8-11)23(21,22)19-15(17(4,5)6)9-14(18)10-20/h7-9,15,19-20H,10H2,1-6H3/b14-9-. The van der Waals surface area contributed by atoms with E-state index in [4.69, 9.17) is 0 Å². The fourth-order valence-electron chi connectivity index (χ4n) is 2.51. The zero-order valence-electron chi connectivity index (χ0n) is 14.6. The molecule has 130 valence electrons. The SMILES string of the molecule is Cc1cc(C)c(S(=O)(=O)NC(/C=C(\Br)CO)C(C)(C)C)c(C)c1. The molecule has 0 heterocycles. The maximum Gasteiger partial charge on any atom is 0.241 e. The van der Waals surface area contributed by atoms with Crippen LogP contribution in [0.2, 0.25) is 0 Å². The van der Waals surface area contributed by atoms with Gasteiger partial charge in [-0.15, -0.1) is 0 Å². The van der Waals surface area contributed by atoms with Crippen molar-refractivity contribution < 1.29 is 13.5 Å².